The Hall–Kier alpha value is -1.33. The third-order valence-corrected chi connectivity index (χ3v) is 2.88. The van der Waals surface area contributed by atoms with Crippen molar-refractivity contribution >= 4 is 0 Å². The zero-order valence-electron chi connectivity index (χ0n) is 10.7. The molecule has 0 fully saturated rings. The molecule has 0 saturated carbocycles. The molecule has 0 aliphatic heterocycles. The maximum atomic E-state index is 8.96. The fraction of sp³-hybridized carbons (Fsp3) is 0.533. The van der Waals surface area contributed by atoms with E-state index in [1.807, 2.05) is 6.07 Å². The number of rotatable bonds is 8. The molecule has 1 aromatic rings. The highest BCUT2D eigenvalue weighted by Gasteiger charge is 2.04. The van der Waals surface area contributed by atoms with Crippen LogP contribution in [0.15, 0.2) is 30.3 Å². The highest BCUT2D eigenvalue weighted by Crippen LogP contribution is 2.03. The molecular weight excluding hydrogens is 208 g/mol. The second-order valence-electron chi connectivity index (χ2n) is 4.37. The van der Waals surface area contributed by atoms with E-state index in [2.05, 4.69) is 42.6 Å². The van der Waals surface area contributed by atoms with E-state index in [0.29, 0.717) is 0 Å². The van der Waals surface area contributed by atoms with Crippen molar-refractivity contribution in [2.75, 3.05) is 6.54 Å². The first-order valence-corrected chi connectivity index (χ1v) is 6.53. The van der Waals surface area contributed by atoms with Gasteiger partial charge in [-0.3, -0.25) is 0 Å². The van der Waals surface area contributed by atoms with Gasteiger partial charge in [-0.25, -0.2) is 0 Å². The van der Waals surface area contributed by atoms with Crippen molar-refractivity contribution in [2.45, 2.75) is 45.1 Å². The highest BCUT2D eigenvalue weighted by atomic mass is 14.9. The van der Waals surface area contributed by atoms with E-state index >= 15 is 0 Å². The number of nitrogens with one attached hydrogen (secondary N) is 1. The van der Waals surface area contributed by atoms with Gasteiger partial charge < -0.3 is 5.32 Å². The molecule has 1 N–H and O–H groups in total. The largest absolute Gasteiger partial charge is 0.302 e. The Bertz CT molecular complexity index is 327. The van der Waals surface area contributed by atoms with Gasteiger partial charge in [-0.1, -0.05) is 50.1 Å². The topological polar surface area (TPSA) is 35.8 Å². The monoisotopic (exact) mass is 230 g/mol. The van der Waals surface area contributed by atoms with E-state index in [-0.39, 0.29) is 6.04 Å². The molecule has 1 rings (SSSR count). The molecule has 0 radical (unpaired) electrons. The van der Waals surface area contributed by atoms with Crippen LogP contribution in [0.4, 0.5) is 0 Å². The second kappa shape index (κ2) is 8.78. The molecule has 1 aromatic carbocycles. The van der Waals surface area contributed by atoms with Gasteiger partial charge in [0, 0.05) is 0 Å². The Labute approximate surface area is 105 Å². The molecule has 17 heavy (non-hydrogen) atoms. The van der Waals surface area contributed by atoms with Crippen molar-refractivity contribution in [1.29, 1.82) is 5.26 Å². The van der Waals surface area contributed by atoms with Crippen LogP contribution in [0.2, 0.25) is 0 Å². The van der Waals surface area contributed by atoms with Crippen molar-refractivity contribution in [3.63, 3.8) is 0 Å². The minimum absolute atomic E-state index is 0.0331. The summed E-state index contributed by atoms with van der Waals surface area (Å²) in [6, 6.07) is 12.8. The first-order valence-electron chi connectivity index (χ1n) is 6.53. The predicted molar refractivity (Wildman–Crippen MR) is 71.7 cm³/mol. The number of aryl methyl sites for hydroxylation is 1. The maximum absolute atomic E-state index is 8.96. The number of nitriles is 1. The summed E-state index contributed by atoms with van der Waals surface area (Å²) in [5.41, 5.74) is 1.37. The number of nitrogens with zero attached hydrogens (tertiary/aromatic N) is 1. The van der Waals surface area contributed by atoms with E-state index in [1.165, 1.54) is 5.56 Å². The number of unbranched alkanes of at least 4 members (excludes halogenated alkanes) is 1. The molecule has 1 atom stereocenters. The molecule has 0 aliphatic rings. The van der Waals surface area contributed by atoms with Gasteiger partial charge in [0.15, 0.2) is 0 Å². The number of hydrogen-bond donors (Lipinski definition) is 1. The van der Waals surface area contributed by atoms with Gasteiger partial charge in [-0.05, 0) is 31.4 Å². The summed E-state index contributed by atoms with van der Waals surface area (Å²) in [5, 5.41) is 12.3. The lowest BCUT2D eigenvalue weighted by Gasteiger charge is -2.10. The minimum Gasteiger partial charge on any atom is -0.302 e. The van der Waals surface area contributed by atoms with Crippen molar-refractivity contribution in [1.82, 2.24) is 5.32 Å². The Kier molecular flexibility index (Phi) is 7.09. The zero-order valence-corrected chi connectivity index (χ0v) is 10.7. The normalized spacial score (nSPS) is 12.0. The van der Waals surface area contributed by atoms with Gasteiger partial charge in [0.25, 0.3) is 0 Å². The maximum Gasteiger partial charge on any atom is 0.0952 e. The third kappa shape index (κ3) is 6.09. The molecule has 2 heteroatoms. The average molecular weight is 230 g/mol. The highest BCUT2D eigenvalue weighted by molar-refractivity contribution is 5.14. The van der Waals surface area contributed by atoms with Crippen LogP contribution in [0, 0.1) is 11.3 Å². The summed E-state index contributed by atoms with van der Waals surface area (Å²) >= 11 is 0. The van der Waals surface area contributed by atoms with E-state index in [9.17, 15) is 0 Å². The molecule has 0 spiro atoms. The van der Waals surface area contributed by atoms with Crippen LogP contribution < -0.4 is 5.32 Å². The van der Waals surface area contributed by atoms with E-state index in [1.54, 1.807) is 0 Å². The summed E-state index contributed by atoms with van der Waals surface area (Å²) < 4.78 is 0. The quantitative estimate of drug-likeness (QED) is 0.696. The van der Waals surface area contributed by atoms with Crippen LogP contribution in [-0.2, 0) is 6.42 Å². The Morgan fingerprint density at radius 2 is 2.00 bits per heavy atom. The molecular formula is C15H22N2. The second-order valence-corrected chi connectivity index (χ2v) is 4.37. The number of benzene rings is 1. The number of hydrogen-bond acceptors (Lipinski definition) is 2. The molecule has 2 nitrogen and oxygen atoms in total. The lowest BCUT2D eigenvalue weighted by atomic mass is 10.1. The van der Waals surface area contributed by atoms with Gasteiger partial charge in [-0.2, -0.15) is 5.26 Å². The van der Waals surface area contributed by atoms with Crippen molar-refractivity contribution in [3.8, 4) is 6.07 Å². The molecule has 0 heterocycles. The smallest absolute Gasteiger partial charge is 0.0952 e. The van der Waals surface area contributed by atoms with Gasteiger partial charge in [0.1, 0.15) is 0 Å². The van der Waals surface area contributed by atoms with Gasteiger partial charge in [0.2, 0.25) is 0 Å². The lowest BCUT2D eigenvalue weighted by molar-refractivity contribution is 0.532. The van der Waals surface area contributed by atoms with Gasteiger partial charge in [0.05, 0.1) is 12.1 Å². The molecule has 1 unspecified atom stereocenters. The van der Waals surface area contributed by atoms with Gasteiger partial charge >= 0.3 is 0 Å². The summed E-state index contributed by atoms with van der Waals surface area (Å²) in [7, 11) is 0. The van der Waals surface area contributed by atoms with Crippen molar-refractivity contribution in [2.24, 2.45) is 0 Å². The van der Waals surface area contributed by atoms with Crippen LogP contribution in [0.5, 0.6) is 0 Å². The summed E-state index contributed by atoms with van der Waals surface area (Å²) in [6.45, 7) is 3.08. The minimum atomic E-state index is 0.0331. The first kappa shape index (κ1) is 13.7. The van der Waals surface area contributed by atoms with E-state index < -0.39 is 0 Å². The summed E-state index contributed by atoms with van der Waals surface area (Å²) in [5.74, 6) is 0. The Morgan fingerprint density at radius 1 is 1.24 bits per heavy atom. The fourth-order valence-electron chi connectivity index (χ4n) is 1.83. The molecule has 0 saturated heterocycles. The molecule has 0 aromatic heterocycles. The molecule has 0 bridgehead atoms. The van der Waals surface area contributed by atoms with Crippen LogP contribution in [-0.4, -0.2) is 12.6 Å². The fourth-order valence-corrected chi connectivity index (χ4v) is 1.83. The van der Waals surface area contributed by atoms with Crippen LogP contribution in [0.25, 0.3) is 0 Å². The summed E-state index contributed by atoms with van der Waals surface area (Å²) in [6.07, 6.45) is 5.43. The lowest BCUT2D eigenvalue weighted by Crippen LogP contribution is -2.28. The zero-order chi connectivity index (χ0) is 12.3. The van der Waals surface area contributed by atoms with Crippen LogP contribution in [0.3, 0.4) is 0 Å². The van der Waals surface area contributed by atoms with Crippen molar-refractivity contribution < 1.29 is 0 Å². The predicted octanol–water partition coefficient (Wildman–Crippen LogP) is 3.29. The Morgan fingerprint density at radius 3 is 2.65 bits per heavy atom. The molecule has 0 aliphatic carbocycles. The molecule has 0 amide bonds. The Balaban J connectivity index is 2.13. The first-order chi connectivity index (χ1) is 8.36. The van der Waals surface area contributed by atoms with Crippen LogP contribution >= 0.6 is 0 Å². The molecule has 92 valence electrons. The van der Waals surface area contributed by atoms with E-state index in [4.69, 9.17) is 5.26 Å². The van der Waals surface area contributed by atoms with Crippen molar-refractivity contribution in [3.05, 3.63) is 35.9 Å². The van der Waals surface area contributed by atoms with E-state index in [0.717, 1.165) is 38.6 Å². The standard InChI is InChI=1S/C15H22N2/c1-2-3-11-15(13-16)17-12-7-10-14-8-5-4-6-9-14/h4-6,8-9,15,17H,2-3,7,10-12H2,1H3. The third-order valence-electron chi connectivity index (χ3n) is 2.88. The van der Waals surface area contributed by atoms with Crippen LogP contribution in [0.1, 0.15) is 38.2 Å². The van der Waals surface area contributed by atoms with Gasteiger partial charge in [-0.15, -0.1) is 0 Å². The SMILES string of the molecule is CCCCC(C#N)NCCCc1ccccc1. The average Bonchev–Trinajstić information content (AvgIpc) is 2.39. The summed E-state index contributed by atoms with van der Waals surface area (Å²) in [4.78, 5) is 0.